The van der Waals surface area contributed by atoms with Crippen molar-refractivity contribution in [3.05, 3.63) is 29.0 Å². The van der Waals surface area contributed by atoms with Gasteiger partial charge in [-0.2, -0.15) is 4.98 Å². The molecule has 0 aliphatic carbocycles. The highest BCUT2D eigenvalue weighted by Gasteiger charge is 2.27. The predicted molar refractivity (Wildman–Crippen MR) is 83.7 cm³/mol. The Hall–Kier alpha value is -2.61. The average molecular weight is 336 g/mol. The molecule has 1 N–H and O–H groups in total. The first kappa shape index (κ1) is 15.3. The number of rotatable bonds is 3. The maximum absolute atomic E-state index is 12.2. The molecule has 1 aliphatic heterocycles. The minimum absolute atomic E-state index is 0.122. The Morgan fingerprint density at radius 1 is 1.48 bits per heavy atom. The fraction of sp³-hybridized carbons (Fsp3) is 0.286. The molecule has 8 nitrogen and oxygen atoms in total. The van der Waals surface area contributed by atoms with Crippen molar-refractivity contribution < 1.29 is 14.3 Å². The van der Waals surface area contributed by atoms with E-state index in [0.29, 0.717) is 22.3 Å². The summed E-state index contributed by atoms with van der Waals surface area (Å²) in [4.78, 5) is 29.7. The van der Waals surface area contributed by atoms with E-state index < -0.39 is 5.91 Å². The number of hydrogen-bond donors (Lipinski definition) is 1. The van der Waals surface area contributed by atoms with Gasteiger partial charge in [0.25, 0.3) is 5.91 Å². The van der Waals surface area contributed by atoms with Gasteiger partial charge >= 0.3 is 0 Å². The van der Waals surface area contributed by atoms with E-state index in [2.05, 4.69) is 15.4 Å². The van der Waals surface area contributed by atoms with Crippen LogP contribution in [-0.2, 0) is 16.6 Å². The third-order valence-electron chi connectivity index (χ3n) is 3.40. The van der Waals surface area contributed by atoms with Crippen LogP contribution in [0.15, 0.2) is 18.2 Å². The first-order valence-electron chi connectivity index (χ1n) is 6.84. The van der Waals surface area contributed by atoms with Crippen LogP contribution < -0.4 is 15.0 Å². The van der Waals surface area contributed by atoms with Crippen LogP contribution in [0, 0.1) is 6.92 Å². The predicted octanol–water partition coefficient (Wildman–Crippen LogP) is 1.14. The number of aryl methyl sites for hydroxylation is 2. The minimum Gasteiger partial charge on any atom is -0.482 e. The second-order valence-corrected chi connectivity index (χ2v) is 5.47. The summed E-state index contributed by atoms with van der Waals surface area (Å²) in [6, 6.07) is 4.91. The zero-order valence-electron chi connectivity index (χ0n) is 12.5. The smallest absolute Gasteiger partial charge is 0.265 e. The summed E-state index contributed by atoms with van der Waals surface area (Å²) >= 11 is 5.96. The quantitative estimate of drug-likeness (QED) is 0.908. The van der Waals surface area contributed by atoms with E-state index in [9.17, 15) is 9.59 Å². The number of ether oxygens (including phenoxy) is 1. The SMILES string of the molecule is Cc1nc(NC(=O)CN2C(=O)COc3ccc(Cl)cc32)nn1C. The second kappa shape index (κ2) is 5.88. The molecule has 3 rings (SSSR count). The number of carbonyl (C=O) groups is 2. The Labute approximate surface area is 137 Å². The van der Waals surface area contributed by atoms with Gasteiger partial charge in [0, 0.05) is 12.1 Å². The van der Waals surface area contributed by atoms with Crippen molar-refractivity contribution >= 4 is 35.1 Å². The lowest BCUT2D eigenvalue weighted by Gasteiger charge is -2.28. The van der Waals surface area contributed by atoms with Crippen LogP contribution in [0.4, 0.5) is 11.6 Å². The highest BCUT2D eigenvalue weighted by atomic mass is 35.5. The molecule has 2 amide bonds. The standard InChI is InChI=1S/C14H14ClN5O3/c1-8-16-14(18-19(8)2)17-12(21)6-20-10-5-9(15)3-4-11(10)23-7-13(20)22/h3-5H,6-7H2,1-2H3,(H,17,18,21). The van der Waals surface area contributed by atoms with Crippen molar-refractivity contribution in [2.45, 2.75) is 6.92 Å². The Kier molecular flexibility index (Phi) is 3.91. The number of amides is 2. The number of nitrogens with one attached hydrogen (secondary N) is 1. The first-order valence-corrected chi connectivity index (χ1v) is 7.22. The Balaban J connectivity index is 1.78. The van der Waals surface area contributed by atoms with Gasteiger partial charge in [0.15, 0.2) is 6.61 Å². The zero-order chi connectivity index (χ0) is 16.6. The Morgan fingerprint density at radius 3 is 2.96 bits per heavy atom. The number of hydrogen-bond acceptors (Lipinski definition) is 5. The van der Waals surface area contributed by atoms with Gasteiger partial charge in [0.05, 0.1) is 5.69 Å². The molecule has 120 valence electrons. The molecule has 1 aliphatic rings. The van der Waals surface area contributed by atoms with Crippen LogP contribution in [0.1, 0.15) is 5.82 Å². The van der Waals surface area contributed by atoms with Crippen molar-refractivity contribution in [3.63, 3.8) is 0 Å². The van der Waals surface area contributed by atoms with Crippen molar-refractivity contribution in [1.82, 2.24) is 14.8 Å². The van der Waals surface area contributed by atoms with E-state index in [1.807, 2.05) is 0 Å². The van der Waals surface area contributed by atoms with E-state index >= 15 is 0 Å². The van der Waals surface area contributed by atoms with Gasteiger partial charge < -0.3 is 4.74 Å². The van der Waals surface area contributed by atoms with Gasteiger partial charge in [-0.25, -0.2) is 0 Å². The van der Waals surface area contributed by atoms with Crippen LogP contribution in [0.25, 0.3) is 0 Å². The second-order valence-electron chi connectivity index (χ2n) is 5.04. The molecule has 0 fully saturated rings. The lowest BCUT2D eigenvalue weighted by Crippen LogP contribution is -2.43. The van der Waals surface area contributed by atoms with Gasteiger partial charge in [0.2, 0.25) is 11.9 Å². The molecule has 9 heteroatoms. The van der Waals surface area contributed by atoms with Gasteiger partial charge in [-0.15, -0.1) is 5.10 Å². The Morgan fingerprint density at radius 2 is 2.26 bits per heavy atom. The molecule has 0 bridgehead atoms. The number of halogens is 1. The van der Waals surface area contributed by atoms with Gasteiger partial charge in [-0.1, -0.05) is 11.6 Å². The fourth-order valence-corrected chi connectivity index (χ4v) is 2.34. The lowest BCUT2D eigenvalue weighted by molar-refractivity contribution is -0.123. The maximum Gasteiger partial charge on any atom is 0.265 e. The van der Waals surface area contributed by atoms with Crippen molar-refractivity contribution in [1.29, 1.82) is 0 Å². The molecule has 2 heterocycles. The summed E-state index contributed by atoms with van der Waals surface area (Å²) < 4.78 is 6.88. The van der Waals surface area contributed by atoms with E-state index in [4.69, 9.17) is 16.3 Å². The molecule has 0 unspecified atom stereocenters. The van der Waals surface area contributed by atoms with Gasteiger partial charge in [-0.3, -0.25) is 24.5 Å². The van der Waals surface area contributed by atoms with E-state index in [0.717, 1.165) is 0 Å². The number of anilines is 2. The van der Waals surface area contributed by atoms with Crippen LogP contribution in [0.3, 0.4) is 0 Å². The first-order chi connectivity index (χ1) is 10.9. The van der Waals surface area contributed by atoms with Crippen LogP contribution in [0.5, 0.6) is 5.75 Å². The summed E-state index contributed by atoms with van der Waals surface area (Å²) in [6.07, 6.45) is 0. The van der Waals surface area contributed by atoms with Crippen LogP contribution in [-0.4, -0.2) is 39.7 Å². The topological polar surface area (TPSA) is 89.3 Å². The van der Waals surface area contributed by atoms with E-state index in [1.165, 1.54) is 4.90 Å². The number of aromatic nitrogens is 3. The summed E-state index contributed by atoms with van der Waals surface area (Å²) in [7, 11) is 1.72. The normalized spacial score (nSPS) is 13.5. The van der Waals surface area contributed by atoms with Crippen molar-refractivity contribution in [3.8, 4) is 5.75 Å². The highest BCUT2D eigenvalue weighted by Crippen LogP contribution is 2.34. The molecule has 0 saturated carbocycles. The van der Waals surface area contributed by atoms with Gasteiger partial charge in [0.1, 0.15) is 18.1 Å². The summed E-state index contributed by atoms with van der Waals surface area (Å²) in [6.45, 7) is 1.47. The fourth-order valence-electron chi connectivity index (χ4n) is 2.17. The van der Waals surface area contributed by atoms with Crippen LogP contribution >= 0.6 is 11.6 Å². The molecular weight excluding hydrogens is 322 g/mol. The molecule has 0 saturated heterocycles. The zero-order valence-corrected chi connectivity index (χ0v) is 13.3. The van der Waals surface area contributed by atoms with Crippen molar-refractivity contribution in [2.75, 3.05) is 23.4 Å². The molecule has 0 spiro atoms. The summed E-state index contributed by atoms with van der Waals surface area (Å²) in [5.41, 5.74) is 0.467. The molecule has 23 heavy (non-hydrogen) atoms. The van der Waals surface area contributed by atoms with E-state index in [-0.39, 0.29) is 25.0 Å². The number of fused-ring (bicyclic) bond motifs is 1. The van der Waals surface area contributed by atoms with Gasteiger partial charge in [-0.05, 0) is 25.1 Å². The third kappa shape index (κ3) is 3.11. The number of carbonyl (C=O) groups excluding carboxylic acids is 2. The minimum atomic E-state index is -0.406. The summed E-state index contributed by atoms with van der Waals surface area (Å²) in [5, 5.41) is 7.07. The lowest BCUT2D eigenvalue weighted by atomic mass is 10.2. The molecule has 0 atom stereocenters. The molecular formula is C14H14ClN5O3. The average Bonchev–Trinajstić information content (AvgIpc) is 2.80. The number of nitrogens with zero attached hydrogens (tertiary/aromatic N) is 4. The third-order valence-corrected chi connectivity index (χ3v) is 3.63. The summed E-state index contributed by atoms with van der Waals surface area (Å²) in [5.74, 6) is 0.646. The molecule has 1 aromatic heterocycles. The number of benzene rings is 1. The highest BCUT2D eigenvalue weighted by molar-refractivity contribution is 6.31. The maximum atomic E-state index is 12.2. The Bertz CT molecular complexity index is 769. The largest absolute Gasteiger partial charge is 0.482 e. The molecule has 1 aromatic carbocycles. The van der Waals surface area contributed by atoms with E-state index in [1.54, 1.807) is 36.9 Å². The van der Waals surface area contributed by atoms with Crippen LogP contribution in [0.2, 0.25) is 5.02 Å². The molecule has 2 aromatic rings. The monoisotopic (exact) mass is 335 g/mol. The molecule has 0 radical (unpaired) electrons. The van der Waals surface area contributed by atoms with Crippen molar-refractivity contribution in [2.24, 2.45) is 7.05 Å².